The van der Waals surface area contributed by atoms with Gasteiger partial charge in [-0.1, -0.05) is 30.3 Å². The highest BCUT2D eigenvalue weighted by atomic mass is 16.6. The fraction of sp³-hybridized carbons (Fsp3) is 0.703. The van der Waals surface area contributed by atoms with E-state index in [9.17, 15) is 24.0 Å². The third kappa shape index (κ3) is 17.0. The van der Waals surface area contributed by atoms with Gasteiger partial charge in [-0.25, -0.2) is 19.2 Å². The molecule has 0 bridgehead atoms. The molecule has 14 heteroatoms. The van der Waals surface area contributed by atoms with Crippen molar-refractivity contribution in [3.8, 4) is 0 Å². The molecule has 5 amide bonds. The lowest BCUT2D eigenvalue weighted by molar-refractivity contribution is -0.134. The van der Waals surface area contributed by atoms with Gasteiger partial charge >= 0.3 is 24.4 Å². The molecule has 0 radical (unpaired) electrons. The number of carbonyl (C=O) groups is 5. The summed E-state index contributed by atoms with van der Waals surface area (Å²) in [6, 6.07) is 8.24. The van der Waals surface area contributed by atoms with E-state index in [1.807, 2.05) is 30.3 Å². The third-order valence-corrected chi connectivity index (χ3v) is 7.10. The summed E-state index contributed by atoms with van der Waals surface area (Å²) in [5, 5.41) is 2.75. The van der Waals surface area contributed by atoms with Gasteiger partial charge in [0.25, 0.3) is 0 Å². The minimum Gasteiger partial charge on any atom is -0.444 e. The molecule has 1 heterocycles. The molecule has 14 nitrogen and oxygen atoms in total. The van der Waals surface area contributed by atoms with Crippen molar-refractivity contribution >= 4 is 30.3 Å². The molecule has 51 heavy (non-hydrogen) atoms. The van der Waals surface area contributed by atoms with Gasteiger partial charge in [0.05, 0.1) is 0 Å². The van der Waals surface area contributed by atoms with Gasteiger partial charge < -0.3 is 43.9 Å². The van der Waals surface area contributed by atoms with Gasteiger partial charge in [-0.2, -0.15) is 0 Å². The highest BCUT2D eigenvalue weighted by Gasteiger charge is 2.33. The highest BCUT2D eigenvalue weighted by Crippen LogP contribution is 2.16. The Morgan fingerprint density at radius 1 is 0.529 bits per heavy atom. The monoisotopic (exact) mass is 719 g/mol. The van der Waals surface area contributed by atoms with Crippen LogP contribution >= 0.6 is 0 Å². The molecule has 0 unspecified atom stereocenters. The summed E-state index contributed by atoms with van der Waals surface area (Å²) in [6.45, 7) is 21.4. The van der Waals surface area contributed by atoms with Crippen molar-refractivity contribution in [2.75, 3.05) is 52.4 Å². The molecule has 1 aromatic carbocycles. The molecule has 288 valence electrons. The molecule has 2 rings (SSSR count). The summed E-state index contributed by atoms with van der Waals surface area (Å²) in [4.78, 5) is 73.5. The number of alkyl carbamates (subject to hydrolysis) is 1. The van der Waals surface area contributed by atoms with Crippen LogP contribution in [0.25, 0.3) is 0 Å². The summed E-state index contributed by atoms with van der Waals surface area (Å²) >= 11 is 0. The topological polar surface area (TPSA) is 147 Å². The van der Waals surface area contributed by atoms with Crippen LogP contribution in [0.15, 0.2) is 30.3 Å². The van der Waals surface area contributed by atoms with Gasteiger partial charge in [0.2, 0.25) is 5.91 Å². The molecule has 0 aliphatic carbocycles. The van der Waals surface area contributed by atoms with Crippen LogP contribution in [0.3, 0.4) is 0 Å². The second kappa shape index (κ2) is 17.8. The van der Waals surface area contributed by atoms with Crippen molar-refractivity contribution in [1.82, 2.24) is 24.9 Å². The standard InChI is InChI=1S/C37H61N5O9/c1-34(2,3)48-30(44)38-28(26-27-16-14-13-15-17-27)29(43)39-18-20-40(31(45)49-35(4,5)6)22-24-42(33(47)51-37(10,11)12)25-23-41(21-19-39)32(46)50-36(7,8)9/h13-17,28H,18-26H2,1-12H3,(H,38,44)/t28-/m0/s1. The molecular weight excluding hydrogens is 658 g/mol. The molecule has 1 aromatic rings. The van der Waals surface area contributed by atoms with Crippen LogP contribution in [0, 0.1) is 0 Å². The van der Waals surface area contributed by atoms with Crippen molar-refractivity contribution in [1.29, 1.82) is 0 Å². The van der Waals surface area contributed by atoms with E-state index in [0.717, 1.165) is 5.56 Å². The van der Waals surface area contributed by atoms with Crippen LogP contribution < -0.4 is 5.32 Å². The first-order valence-electron chi connectivity index (χ1n) is 17.6. The van der Waals surface area contributed by atoms with Gasteiger partial charge in [-0.15, -0.1) is 0 Å². The summed E-state index contributed by atoms with van der Waals surface area (Å²) < 4.78 is 22.6. The number of rotatable bonds is 4. The molecule has 1 saturated heterocycles. The fourth-order valence-electron chi connectivity index (χ4n) is 4.88. The number of nitrogens with one attached hydrogen (secondary N) is 1. The smallest absolute Gasteiger partial charge is 0.410 e. The number of hydrogen-bond acceptors (Lipinski definition) is 9. The van der Waals surface area contributed by atoms with E-state index in [0.29, 0.717) is 0 Å². The normalized spacial score (nSPS) is 16.2. The number of ether oxygens (including phenoxy) is 4. The van der Waals surface area contributed by atoms with Crippen molar-refractivity contribution < 1.29 is 42.9 Å². The quantitative estimate of drug-likeness (QED) is 0.389. The molecule has 0 saturated carbocycles. The number of nitrogens with zero attached hydrogens (tertiary/aromatic N) is 4. The second-order valence-electron chi connectivity index (χ2n) is 16.6. The van der Waals surface area contributed by atoms with E-state index in [2.05, 4.69) is 5.32 Å². The van der Waals surface area contributed by atoms with Crippen molar-refractivity contribution in [2.45, 2.75) is 118 Å². The summed E-state index contributed by atoms with van der Waals surface area (Å²) in [5.41, 5.74) is -2.36. The SMILES string of the molecule is CC(C)(C)OC(=O)N[C@@H](Cc1ccccc1)C(=O)N1CCN(C(=O)OC(C)(C)C)CCN(C(=O)OC(C)(C)C)CCN(C(=O)OC(C)(C)C)CC1. The Bertz CT molecular complexity index is 1280. The molecule has 1 aliphatic heterocycles. The van der Waals surface area contributed by atoms with E-state index >= 15 is 0 Å². The Morgan fingerprint density at radius 3 is 1.16 bits per heavy atom. The van der Waals surface area contributed by atoms with Crippen LogP contribution in [-0.2, 0) is 30.2 Å². The first kappa shape index (κ1) is 42.9. The Morgan fingerprint density at radius 2 is 0.843 bits per heavy atom. The van der Waals surface area contributed by atoms with Crippen molar-refractivity contribution in [3.63, 3.8) is 0 Å². The number of amides is 5. The van der Waals surface area contributed by atoms with Crippen LogP contribution in [0.2, 0.25) is 0 Å². The van der Waals surface area contributed by atoms with E-state index in [1.165, 1.54) is 19.6 Å². The lowest BCUT2D eigenvalue weighted by Crippen LogP contribution is -2.55. The van der Waals surface area contributed by atoms with Crippen LogP contribution in [-0.4, -0.2) is 131 Å². The maximum absolute atomic E-state index is 14.4. The van der Waals surface area contributed by atoms with Gasteiger partial charge in [-0.3, -0.25) is 4.79 Å². The van der Waals surface area contributed by atoms with Gasteiger partial charge in [0, 0.05) is 58.8 Å². The second-order valence-corrected chi connectivity index (χ2v) is 16.6. The number of hydrogen-bond donors (Lipinski definition) is 1. The Kier molecular flexibility index (Phi) is 15.0. The number of carbonyl (C=O) groups excluding carboxylic acids is 5. The summed E-state index contributed by atoms with van der Waals surface area (Å²) in [6.07, 6.45) is -2.40. The average molecular weight is 720 g/mol. The predicted octanol–water partition coefficient (Wildman–Crippen LogP) is 5.68. The van der Waals surface area contributed by atoms with Gasteiger partial charge in [0.15, 0.2) is 0 Å². The first-order chi connectivity index (χ1) is 23.3. The number of benzene rings is 1. The van der Waals surface area contributed by atoms with Crippen LogP contribution in [0.5, 0.6) is 0 Å². The zero-order chi connectivity index (χ0) is 38.8. The van der Waals surface area contributed by atoms with E-state index in [-0.39, 0.29) is 58.8 Å². The largest absolute Gasteiger partial charge is 0.444 e. The fourth-order valence-corrected chi connectivity index (χ4v) is 4.88. The molecule has 1 aliphatic rings. The minimum atomic E-state index is -1.03. The lowest BCUT2D eigenvalue weighted by atomic mass is 10.0. The summed E-state index contributed by atoms with van der Waals surface area (Å²) in [7, 11) is 0. The van der Waals surface area contributed by atoms with Crippen molar-refractivity contribution in [2.24, 2.45) is 0 Å². The molecule has 1 N–H and O–H groups in total. The van der Waals surface area contributed by atoms with E-state index in [1.54, 1.807) is 83.1 Å². The maximum Gasteiger partial charge on any atom is 0.410 e. The maximum atomic E-state index is 14.4. The third-order valence-electron chi connectivity index (χ3n) is 7.10. The first-order valence-corrected chi connectivity index (χ1v) is 17.6. The zero-order valence-corrected chi connectivity index (χ0v) is 32.8. The molecule has 1 atom stereocenters. The Hall–Kier alpha value is -4.23. The molecule has 0 aromatic heterocycles. The highest BCUT2D eigenvalue weighted by molar-refractivity contribution is 5.86. The molecular formula is C37H61N5O9. The lowest BCUT2D eigenvalue weighted by Gasteiger charge is -2.36. The van der Waals surface area contributed by atoms with E-state index in [4.69, 9.17) is 18.9 Å². The molecule has 1 fully saturated rings. The predicted molar refractivity (Wildman–Crippen MR) is 193 cm³/mol. The Labute approximate surface area is 304 Å². The van der Waals surface area contributed by atoms with Crippen LogP contribution in [0.1, 0.15) is 88.6 Å². The van der Waals surface area contributed by atoms with Gasteiger partial charge in [-0.05, 0) is 88.6 Å². The van der Waals surface area contributed by atoms with Crippen molar-refractivity contribution in [3.05, 3.63) is 35.9 Å². The zero-order valence-electron chi connectivity index (χ0n) is 32.8. The van der Waals surface area contributed by atoms with Gasteiger partial charge in [0.1, 0.15) is 28.4 Å². The minimum absolute atomic E-state index is 0.0357. The van der Waals surface area contributed by atoms with E-state index < -0.39 is 58.7 Å². The average Bonchev–Trinajstić information content (AvgIpc) is 2.93. The molecule has 0 spiro atoms. The summed E-state index contributed by atoms with van der Waals surface area (Å²) in [5.74, 6) is -0.426. The van der Waals surface area contributed by atoms with Crippen LogP contribution in [0.4, 0.5) is 19.2 Å². The Balaban J connectivity index is 2.54.